The number of benzene rings is 1. The predicted octanol–water partition coefficient (Wildman–Crippen LogP) is 1.62. The van der Waals surface area contributed by atoms with Crippen LogP contribution < -0.4 is 0 Å². The molecule has 4 heteroatoms. The highest BCUT2D eigenvalue weighted by molar-refractivity contribution is 6.03. The van der Waals surface area contributed by atoms with E-state index < -0.39 is 18.2 Å². The molecule has 0 aliphatic heterocycles. The third-order valence-corrected chi connectivity index (χ3v) is 1.86. The Labute approximate surface area is 92.4 Å². The molecule has 0 radical (unpaired) electrons. The fourth-order valence-corrected chi connectivity index (χ4v) is 1.13. The molecule has 0 saturated heterocycles. The van der Waals surface area contributed by atoms with E-state index in [0.29, 0.717) is 11.1 Å². The molecule has 16 heavy (non-hydrogen) atoms. The number of nitrogens with zero attached hydrogens (tertiary/aromatic N) is 1. The second-order valence-corrected chi connectivity index (χ2v) is 3.07. The van der Waals surface area contributed by atoms with Gasteiger partial charge in [0.05, 0.1) is 11.6 Å². The molecule has 0 unspecified atom stereocenters. The largest absolute Gasteiger partial charge is 0.481 e. The van der Waals surface area contributed by atoms with E-state index in [1.54, 1.807) is 24.3 Å². The van der Waals surface area contributed by atoms with Gasteiger partial charge in [-0.25, -0.2) is 0 Å². The molecule has 1 aromatic rings. The van der Waals surface area contributed by atoms with Gasteiger partial charge in [-0.15, -0.1) is 0 Å². The zero-order valence-electron chi connectivity index (χ0n) is 8.38. The molecule has 0 atom stereocenters. The lowest BCUT2D eigenvalue weighted by Crippen LogP contribution is -2.03. The number of rotatable bonds is 4. The first-order valence-corrected chi connectivity index (χ1v) is 4.55. The lowest BCUT2D eigenvalue weighted by molar-refractivity contribution is -0.139. The van der Waals surface area contributed by atoms with Crippen LogP contribution in [0.5, 0.6) is 0 Å². The fraction of sp³-hybridized carbons (Fsp3) is 0.0833. The zero-order valence-corrected chi connectivity index (χ0v) is 8.38. The Bertz CT molecular complexity index is 483. The third kappa shape index (κ3) is 3.39. The van der Waals surface area contributed by atoms with E-state index in [0.717, 1.165) is 0 Å². The van der Waals surface area contributed by atoms with Gasteiger partial charge in [0.2, 0.25) is 0 Å². The van der Waals surface area contributed by atoms with Gasteiger partial charge in [-0.3, -0.25) is 9.59 Å². The number of ketones is 1. The maximum atomic E-state index is 11.1. The zero-order chi connectivity index (χ0) is 12.0. The van der Waals surface area contributed by atoms with Crippen molar-refractivity contribution >= 4 is 17.8 Å². The topological polar surface area (TPSA) is 78.2 Å². The monoisotopic (exact) mass is 215 g/mol. The SMILES string of the molecule is N#Cc1ccccc1C=CC(=O)CC(=O)O. The lowest BCUT2D eigenvalue weighted by Gasteiger charge is -1.95. The molecule has 1 aromatic carbocycles. The second-order valence-electron chi connectivity index (χ2n) is 3.07. The maximum Gasteiger partial charge on any atom is 0.311 e. The molecular weight excluding hydrogens is 206 g/mol. The Morgan fingerprint density at radius 2 is 2.06 bits per heavy atom. The van der Waals surface area contributed by atoms with Crippen molar-refractivity contribution in [1.82, 2.24) is 0 Å². The quantitative estimate of drug-likeness (QED) is 0.611. The van der Waals surface area contributed by atoms with Gasteiger partial charge in [-0.2, -0.15) is 5.26 Å². The molecule has 0 aliphatic carbocycles. The van der Waals surface area contributed by atoms with Crippen LogP contribution in [-0.2, 0) is 9.59 Å². The van der Waals surface area contributed by atoms with Crippen molar-refractivity contribution in [1.29, 1.82) is 5.26 Å². The Balaban J connectivity index is 2.81. The summed E-state index contributed by atoms with van der Waals surface area (Å²) in [6, 6.07) is 8.75. The molecule has 0 bridgehead atoms. The molecule has 80 valence electrons. The summed E-state index contributed by atoms with van der Waals surface area (Å²) in [5.41, 5.74) is 1.05. The first-order valence-electron chi connectivity index (χ1n) is 4.55. The minimum Gasteiger partial charge on any atom is -0.481 e. The first-order chi connectivity index (χ1) is 7.63. The van der Waals surface area contributed by atoms with Gasteiger partial charge < -0.3 is 5.11 Å². The van der Waals surface area contributed by atoms with Crippen molar-refractivity contribution in [3.63, 3.8) is 0 Å². The number of aliphatic carboxylic acids is 1. The van der Waals surface area contributed by atoms with Gasteiger partial charge in [0.1, 0.15) is 6.42 Å². The van der Waals surface area contributed by atoms with Crippen molar-refractivity contribution in [3.8, 4) is 6.07 Å². The van der Waals surface area contributed by atoms with Crippen LogP contribution >= 0.6 is 0 Å². The van der Waals surface area contributed by atoms with Gasteiger partial charge in [0.15, 0.2) is 5.78 Å². The second kappa shape index (κ2) is 5.47. The number of carboxylic acid groups (broad SMARTS) is 1. The summed E-state index contributed by atoms with van der Waals surface area (Å²) in [5.74, 6) is -1.66. The molecule has 4 nitrogen and oxygen atoms in total. The van der Waals surface area contributed by atoms with Crippen molar-refractivity contribution in [2.75, 3.05) is 0 Å². The Hall–Kier alpha value is -2.41. The third-order valence-electron chi connectivity index (χ3n) is 1.86. The predicted molar refractivity (Wildman–Crippen MR) is 57.5 cm³/mol. The number of nitriles is 1. The first kappa shape index (κ1) is 11.7. The van der Waals surface area contributed by atoms with Crippen molar-refractivity contribution < 1.29 is 14.7 Å². The van der Waals surface area contributed by atoms with Gasteiger partial charge in [0, 0.05) is 0 Å². The molecular formula is C12H9NO3. The molecule has 0 aliphatic rings. The summed E-state index contributed by atoms with van der Waals surface area (Å²) >= 11 is 0. The number of allylic oxidation sites excluding steroid dienone is 1. The number of carbonyl (C=O) groups excluding carboxylic acids is 1. The molecule has 0 saturated carbocycles. The van der Waals surface area contributed by atoms with Crippen LogP contribution in [0, 0.1) is 11.3 Å². The van der Waals surface area contributed by atoms with Crippen LogP contribution in [0.2, 0.25) is 0 Å². The van der Waals surface area contributed by atoms with E-state index in [4.69, 9.17) is 10.4 Å². The highest BCUT2D eigenvalue weighted by Gasteiger charge is 2.03. The maximum absolute atomic E-state index is 11.1. The minimum atomic E-state index is -1.16. The van der Waals surface area contributed by atoms with E-state index in [-0.39, 0.29) is 0 Å². The summed E-state index contributed by atoms with van der Waals surface area (Å²) in [5, 5.41) is 17.1. The van der Waals surface area contributed by atoms with Gasteiger partial charge in [0.25, 0.3) is 0 Å². The highest BCUT2D eigenvalue weighted by Crippen LogP contribution is 2.09. The fourth-order valence-electron chi connectivity index (χ4n) is 1.13. The molecule has 0 amide bonds. The average molecular weight is 215 g/mol. The molecule has 0 fully saturated rings. The number of carboxylic acids is 1. The van der Waals surface area contributed by atoms with E-state index in [9.17, 15) is 9.59 Å². The van der Waals surface area contributed by atoms with E-state index >= 15 is 0 Å². The summed E-state index contributed by atoms with van der Waals surface area (Å²) in [6.45, 7) is 0. The number of hydrogen-bond donors (Lipinski definition) is 1. The van der Waals surface area contributed by atoms with Gasteiger partial charge in [-0.05, 0) is 17.7 Å². The minimum absolute atomic E-state index is 0.446. The smallest absolute Gasteiger partial charge is 0.311 e. The standard InChI is InChI=1S/C12H9NO3/c13-8-10-4-2-1-3-9(10)5-6-11(14)7-12(15)16/h1-6H,7H2,(H,15,16). The van der Waals surface area contributed by atoms with Crippen LogP contribution in [0.1, 0.15) is 17.5 Å². The molecule has 0 aromatic heterocycles. The summed E-state index contributed by atoms with van der Waals surface area (Å²) in [6.07, 6.45) is 2.08. The van der Waals surface area contributed by atoms with Crippen LogP contribution in [0.15, 0.2) is 30.3 Å². The van der Waals surface area contributed by atoms with Crippen LogP contribution in [0.4, 0.5) is 0 Å². The van der Waals surface area contributed by atoms with Crippen LogP contribution in [-0.4, -0.2) is 16.9 Å². The summed E-state index contributed by atoms with van der Waals surface area (Å²) < 4.78 is 0. The molecule has 1 N–H and O–H groups in total. The highest BCUT2D eigenvalue weighted by atomic mass is 16.4. The Kier molecular flexibility index (Phi) is 3.98. The van der Waals surface area contributed by atoms with E-state index in [1.165, 1.54) is 12.2 Å². The number of hydrogen-bond acceptors (Lipinski definition) is 3. The normalized spacial score (nSPS) is 9.94. The van der Waals surface area contributed by atoms with E-state index in [2.05, 4.69) is 0 Å². The molecule has 0 heterocycles. The van der Waals surface area contributed by atoms with Crippen molar-refractivity contribution in [2.45, 2.75) is 6.42 Å². The Morgan fingerprint density at radius 3 is 2.69 bits per heavy atom. The van der Waals surface area contributed by atoms with Crippen LogP contribution in [0.25, 0.3) is 6.08 Å². The molecule has 0 spiro atoms. The number of carbonyl (C=O) groups is 2. The van der Waals surface area contributed by atoms with E-state index in [1.807, 2.05) is 6.07 Å². The molecule has 1 rings (SSSR count). The summed E-state index contributed by atoms with van der Waals surface area (Å²) in [4.78, 5) is 21.3. The van der Waals surface area contributed by atoms with Crippen LogP contribution in [0.3, 0.4) is 0 Å². The Morgan fingerprint density at radius 1 is 1.38 bits per heavy atom. The summed E-state index contributed by atoms with van der Waals surface area (Å²) in [7, 11) is 0. The lowest BCUT2D eigenvalue weighted by atomic mass is 10.1. The van der Waals surface area contributed by atoms with Crippen molar-refractivity contribution in [3.05, 3.63) is 41.5 Å². The van der Waals surface area contributed by atoms with Gasteiger partial charge in [-0.1, -0.05) is 24.3 Å². The average Bonchev–Trinajstić information content (AvgIpc) is 2.26. The van der Waals surface area contributed by atoms with Gasteiger partial charge >= 0.3 is 5.97 Å². The van der Waals surface area contributed by atoms with Crippen molar-refractivity contribution in [2.24, 2.45) is 0 Å².